The zero-order chi connectivity index (χ0) is 19.4. The Morgan fingerprint density at radius 2 is 1.67 bits per heavy atom. The van der Waals surface area contributed by atoms with Gasteiger partial charge in [0.05, 0.1) is 0 Å². The van der Waals surface area contributed by atoms with Gasteiger partial charge in [-0.3, -0.25) is 9.59 Å². The summed E-state index contributed by atoms with van der Waals surface area (Å²) in [5, 5.41) is 2.83. The monoisotopic (exact) mass is 369 g/mol. The largest absolute Gasteiger partial charge is 0.368 e. The van der Waals surface area contributed by atoms with E-state index in [-0.39, 0.29) is 24.1 Å². The minimum atomic E-state index is -0.297. The van der Waals surface area contributed by atoms with E-state index in [1.807, 2.05) is 32.0 Å². The lowest BCUT2D eigenvalue weighted by Crippen LogP contribution is -2.49. The van der Waals surface area contributed by atoms with Crippen molar-refractivity contribution in [1.29, 1.82) is 0 Å². The summed E-state index contributed by atoms with van der Waals surface area (Å²) >= 11 is 0. The zero-order valence-corrected chi connectivity index (χ0v) is 15.7. The van der Waals surface area contributed by atoms with Gasteiger partial charge in [0.2, 0.25) is 11.8 Å². The van der Waals surface area contributed by atoms with Crippen LogP contribution in [0.4, 0.5) is 15.8 Å². The van der Waals surface area contributed by atoms with Gasteiger partial charge in [-0.2, -0.15) is 0 Å². The zero-order valence-electron chi connectivity index (χ0n) is 15.7. The number of carbonyl (C=O) groups excluding carboxylic acids is 2. The number of nitrogens with one attached hydrogen (secondary N) is 1. The third-order valence-electron chi connectivity index (χ3n) is 4.80. The van der Waals surface area contributed by atoms with Crippen molar-refractivity contribution in [2.75, 3.05) is 36.4 Å². The Morgan fingerprint density at radius 3 is 2.33 bits per heavy atom. The molecule has 1 saturated heterocycles. The summed E-state index contributed by atoms with van der Waals surface area (Å²) in [6.07, 6.45) is -0.163. The van der Waals surface area contributed by atoms with Crippen LogP contribution in [0.5, 0.6) is 0 Å². The summed E-state index contributed by atoms with van der Waals surface area (Å²) in [5.74, 6) is -0.728. The molecule has 1 N–H and O–H groups in total. The first-order valence-electron chi connectivity index (χ1n) is 9.08. The number of rotatable bonds is 4. The fraction of sp³-hybridized carbons (Fsp3) is 0.333. The molecular formula is C21H24FN3O2. The first-order valence-corrected chi connectivity index (χ1v) is 9.08. The van der Waals surface area contributed by atoms with Crippen molar-refractivity contribution >= 4 is 23.2 Å². The number of halogens is 1. The Hall–Kier alpha value is -2.89. The van der Waals surface area contributed by atoms with E-state index in [2.05, 4.69) is 10.2 Å². The Morgan fingerprint density at radius 1 is 1.00 bits per heavy atom. The standard InChI is InChI=1S/C21H24FN3O2/c1-15-3-4-16(2)19(13-15)23-20(26)14-21(27)25-11-9-24(10-12-25)18-7-5-17(22)6-8-18/h3-8,13H,9-12,14H2,1-2H3,(H,23,26). The molecule has 2 amide bonds. The van der Waals surface area contributed by atoms with Crippen LogP contribution in [0.15, 0.2) is 42.5 Å². The second-order valence-corrected chi connectivity index (χ2v) is 6.89. The maximum absolute atomic E-state index is 13.0. The summed E-state index contributed by atoms with van der Waals surface area (Å²) in [5.41, 5.74) is 3.71. The number of hydrogen-bond acceptors (Lipinski definition) is 3. The maximum atomic E-state index is 13.0. The molecule has 1 aliphatic rings. The summed E-state index contributed by atoms with van der Waals surface area (Å²) in [4.78, 5) is 28.5. The number of anilines is 2. The first-order chi connectivity index (χ1) is 12.9. The molecular weight excluding hydrogens is 345 g/mol. The number of benzene rings is 2. The van der Waals surface area contributed by atoms with E-state index in [0.29, 0.717) is 26.2 Å². The van der Waals surface area contributed by atoms with Gasteiger partial charge in [-0.1, -0.05) is 12.1 Å². The number of piperazine rings is 1. The van der Waals surface area contributed by atoms with Gasteiger partial charge in [0, 0.05) is 37.6 Å². The topological polar surface area (TPSA) is 52.7 Å². The Bertz CT molecular complexity index is 828. The summed E-state index contributed by atoms with van der Waals surface area (Å²) in [7, 11) is 0. The summed E-state index contributed by atoms with van der Waals surface area (Å²) in [6.45, 7) is 6.30. The van der Waals surface area contributed by atoms with Gasteiger partial charge < -0.3 is 15.1 Å². The fourth-order valence-corrected chi connectivity index (χ4v) is 3.18. The van der Waals surface area contributed by atoms with Crippen LogP contribution in [-0.4, -0.2) is 42.9 Å². The Balaban J connectivity index is 1.51. The van der Waals surface area contributed by atoms with E-state index in [0.717, 1.165) is 22.5 Å². The lowest BCUT2D eigenvalue weighted by molar-refractivity contribution is -0.134. The van der Waals surface area contributed by atoms with Crippen LogP contribution in [0.1, 0.15) is 17.5 Å². The van der Waals surface area contributed by atoms with E-state index in [4.69, 9.17) is 0 Å². The van der Waals surface area contributed by atoms with Crippen LogP contribution < -0.4 is 10.2 Å². The molecule has 6 heteroatoms. The normalized spacial score (nSPS) is 14.2. The predicted octanol–water partition coefficient (Wildman–Crippen LogP) is 3.12. The molecule has 1 aliphatic heterocycles. The molecule has 3 rings (SSSR count). The van der Waals surface area contributed by atoms with Gasteiger partial charge in [0.1, 0.15) is 12.2 Å². The smallest absolute Gasteiger partial charge is 0.233 e. The SMILES string of the molecule is Cc1ccc(C)c(NC(=O)CC(=O)N2CCN(c3ccc(F)cc3)CC2)c1. The van der Waals surface area contributed by atoms with Crippen LogP contribution in [-0.2, 0) is 9.59 Å². The van der Waals surface area contributed by atoms with E-state index in [1.54, 1.807) is 17.0 Å². The van der Waals surface area contributed by atoms with Gasteiger partial charge in [-0.15, -0.1) is 0 Å². The summed E-state index contributed by atoms with van der Waals surface area (Å²) in [6, 6.07) is 12.2. The van der Waals surface area contributed by atoms with Crippen LogP contribution in [0.25, 0.3) is 0 Å². The highest BCUT2D eigenvalue weighted by molar-refractivity contribution is 6.03. The molecule has 2 aromatic rings. The molecule has 0 atom stereocenters. The molecule has 0 bridgehead atoms. The predicted molar refractivity (Wildman–Crippen MR) is 104 cm³/mol. The molecule has 2 aromatic carbocycles. The minimum Gasteiger partial charge on any atom is -0.368 e. The molecule has 1 fully saturated rings. The first kappa shape index (κ1) is 18.9. The average Bonchev–Trinajstić information content (AvgIpc) is 2.65. The molecule has 0 saturated carbocycles. The maximum Gasteiger partial charge on any atom is 0.233 e. The minimum absolute atomic E-state index is 0.163. The summed E-state index contributed by atoms with van der Waals surface area (Å²) < 4.78 is 13.0. The van der Waals surface area contributed by atoms with Gasteiger partial charge >= 0.3 is 0 Å². The van der Waals surface area contributed by atoms with Gasteiger partial charge in [-0.05, 0) is 55.3 Å². The van der Waals surface area contributed by atoms with Crippen LogP contribution in [0.3, 0.4) is 0 Å². The lowest BCUT2D eigenvalue weighted by Gasteiger charge is -2.36. The number of carbonyl (C=O) groups is 2. The molecule has 0 aromatic heterocycles. The van der Waals surface area contributed by atoms with Gasteiger partial charge in [0.25, 0.3) is 0 Å². The Kier molecular flexibility index (Phi) is 5.74. The average molecular weight is 369 g/mol. The quantitative estimate of drug-likeness (QED) is 0.843. The molecule has 0 aliphatic carbocycles. The highest BCUT2D eigenvalue weighted by Crippen LogP contribution is 2.18. The number of amides is 2. The molecule has 0 unspecified atom stereocenters. The van der Waals surface area contributed by atoms with E-state index in [9.17, 15) is 14.0 Å². The van der Waals surface area contributed by atoms with Crippen molar-refractivity contribution in [3.8, 4) is 0 Å². The molecule has 5 nitrogen and oxygen atoms in total. The Labute approximate surface area is 158 Å². The fourth-order valence-electron chi connectivity index (χ4n) is 3.18. The van der Waals surface area contributed by atoms with E-state index >= 15 is 0 Å². The highest BCUT2D eigenvalue weighted by Gasteiger charge is 2.23. The van der Waals surface area contributed by atoms with Gasteiger partial charge in [0.15, 0.2) is 0 Å². The van der Waals surface area contributed by atoms with Crippen molar-refractivity contribution in [3.05, 3.63) is 59.4 Å². The molecule has 1 heterocycles. The second-order valence-electron chi connectivity index (χ2n) is 6.89. The van der Waals surface area contributed by atoms with Crippen molar-refractivity contribution in [2.45, 2.75) is 20.3 Å². The van der Waals surface area contributed by atoms with Crippen molar-refractivity contribution in [3.63, 3.8) is 0 Å². The van der Waals surface area contributed by atoms with Crippen molar-refractivity contribution in [2.24, 2.45) is 0 Å². The van der Waals surface area contributed by atoms with Crippen LogP contribution in [0.2, 0.25) is 0 Å². The number of nitrogens with zero attached hydrogens (tertiary/aromatic N) is 2. The van der Waals surface area contributed by atoms with Gasteiger partial charge in [-0.25, -0.2) is 4.39 Å². The van der Waals surface area contributed by atoms with Crippen LogP contribution in [0, 0.1) is 19.7 Å². The number of aryl methyl sites for hydroxylation is 2. The third kappa shape index (κ3) is 4.84. The lowest BCUT2D eigenvalue weighted by atomic mass is 10.1. The van der Waals surface area contributed by atoms with Crippen LogP contribution >= 0.6 is 0 Å². The van der Waals surface area contributed by atoms with Crippen molar-refractivity contribution in [1.82, 2.24) is 4.90 Å². The third-order valence-corrected chi connectivity index (χ3v) is 4.80. The molecule has 0 spiro atoms. The molecule has 27 heavy (non-hydrogen) atoms. The molecule has 142 valence electrons. The number of hydrogen-bond donors (Lipinski definition) is 1. The highest BCUT2D eigenvalue weighted by atomic mass is 19.1. The molecule has 0 radical (unpaired) electrons. The van der Waals surface area contributed by atoms with E-state index in [1.165, 1.54) is 12.1 Å². The van der Waals surface area contributed by atoms with E-state index < -0.39 is 0 Å². The van der Waals surface area contributed by atoms with Crippen molar-refractivity contribution < 1.29 is 14.0 Å². The second kappa shape index (κ2) is 8.20.